The molecule has 144 valence electrons. The Hall–Kier alpha value is -2.71. The fraction of sp³-hybridized carbons (Fsp3) is 0.364. The zero-order valence-electron chi connectivity index (χ0n) is 16.0. The van der Waals surface area contributed by atoms with Gasteiger partial charge in [-0.15, -0.1) is 0 Å². The monoisotopic (exact) mass is 395 g/mol. The minimum atomic E-state index is -0.312. The summed E-state index contributed by atoms with van der Waals surface area (Å²) >= 11 is 6.38. The summed E-state index contributed by atoms with van der Waals surface area (Å²) in [6.45, 7) is 5.15. The van der Waals surface area contributed by atoms with Crippen LogP contribution in [0, 0.1) is 11.3 Å². The first-order valence-electron chi connectivity index (χ1n) is 9.41. The van der Waals surface area contributed by atoms with E-state index in [9.17, 15) is 4.79 Å². The Morgan fingerprint density at radius 2 is 2.14 bits per heavy atom. The number of nitrogens with one attached hydrogen (secondary N) is 1. The Kier molecular flexibility index (Phi) is 4.68. The van der Waals surface area contributed by atoms with E-state index < -0.39 is 0 Å². The minimum absolute atomic E-state index is 0.194. The van der Waals surface area contributed by atoms with E-state index >= 15 is 0 Å². The lowest BCUT2D eigenvalue weighted by Crippen LogP contribution is -2.39. The van der Waals surface area contributed by atoms with E-state index in [4.69, 9.17) is 21.6 Å². The Balaban J connectivity index is 1.55. The Labute approximate surface area is 169 Å². The predicted molar refractivity (Wildman–Crippen MR) is 109 cm³/mol. The summed E-state index contributed by atoms with van der Waals surface area (Å²) in [5, 5.41) is 12.5. The Morgan fingerprint density at radius 1 is 1.32 bits per heavy atom. The Bertz CT molecular complexity index is 994. The molecule has 0 aromatic heterocycles. The number of halogens is 1. The second-order valence-corrected chi connectivity index (χ2v) is 8.35. The van der Waals surface area contributed by atoms with E-state index in [2.05, 4.69) is 11.4 Å². The summed E-state index contributed by atoms with van der Waals surface area (Å²) in [4.78, 5) is 14.7. The van der Waals surface area contributed by atoms with Gasteiger partial charge >= 0.3 is 6.03 Å². The van der Waals surface area contributed by atoms with Crippen molar-refractivity contribution in [3.05, 3.63) is 57.6 Å². The maximum atomic E-state index is 12.9. The van der Waals surface area contributed by atoms with Gasteiger partial charge in [0.2, 0.25) is 0 Å². The molecule has 0 fully saturated rings. The average molecular weight is 396 g/mol. The molecule has 0 atom stereocenters. The fourth-order valence-electron chi connectivity index (χ4n) is 4.04. The van der Waals surface area contributed by atoms with Crippen LogP contribution in [0.2, 0.25) is 5.02 Å². The number of carbonyl (C=O) groups excluding carboxylic acids is 1. The van der Waals surface area contributed by atoms with Gasteiger partial charge in [0.15, 0.2) is 0 Å². The van der Waals surface area contributed by atoms with Crippen molar-refractivity contribution in [1.82, 2.24) is 4.90 Å². The van der Waals surface area contributed by atoms with Crippen LogP contribution in [-0.2, 0) is 25.8 Å². The second-order valence-electron chi connectivity index (χ2n) is 7.94. The molecule has 0 aliphatic carbocycles. The summed E-state index contributed by atoms with van der Waals surface area (Å²) in [6, 6.07) is 11.7. The highest BCUT2D eigenvalue weighted by Crippen LogP contribution is 2.44. The largest absolute Gasteiger partial charge is 0.485 e. The number of benzene rings is 2. The summed E-state index contributed by atoms with van der Waals surface area (Å²) in [6.07, 6.45) is 1.92. The molecule has 2 aliphatic rings. The summed E-state index contributed by atoms with van der Waals surface area (Å²) in [5.41, 5.74) is 4.62. The molecule has 0 bridgehead atoms. The van der Waals surface area contributed by atoms with Gasteiger partial charge in [-0.25, -0.2) is 4.79 Å². The lowest BCUT2D eigenvalue weighted by molar-refractivity contribution is 0.139. The van der Waals surface area contributed by atoms with Gasteiger partial charge in [-0.2, -0.15) is 5.26 Å². The predicted octanol–water partition coefficient (Wildman–Crippen LogP) is 4.71. The number of rotatable bonds is 2. The Morgan fingerprint density at radius 3 is 2.93 bits per heavy atom. The summed E-state index contributed by atoms with van der Waals surface area (Å²) < 4.78 is 6.05. The molecule has 2 aliphatic heterocycles. The first kappa shape index (κ1) is 18.6. The minimum Gasteiger partial charge on any atom is -0.485 e. The molecule has 2 heterocycles. The van der Waals surface area contributed by atoms with Crippen LogP contribution < -0.4 is 10.1 Å². The molecule has 0 saturated heterocycles. The third-order valence-corrected chi connectivity index (χ3v) is 5.65. The average Bonchev–Trinajstić information content (AvgIpc) is 2.98. The zero-order valence-corrected chi connectivity index (χ0v) is 16.8. The molecular weight excluding hydrogens is 374 g/mol. The van der Waals surface area contributed by atoms with Crippen molar-refractivity contribution in [3.63, 3.8) is 0 Å². The van der Waals surface area contributed by atoms with E-state index in [-0.39, 0.29) is 11.6 Å². The van der Waals surface area contributed by atoms with E-state index in [1.165, 1.54) is 5.56 Å². The number of hydrogen-bond donors (Lipinski definition) is 1. The molecule has 5 nitrogen and oxygen atoms in total. The highest BCUT2D eigenvalue weighted by molar-refractivity contribution is 6.34. The van der Waals surface area contributed by atoms with Gasteiger partial charge in [0.25, 0.3) is 0 Å². The van der Waals surface area contributed by atoms with Gasteiger partial charge in [-0.05, 0) is 43.0 Å². The number of nitrogens with zero attached hydrogens (tertiary/aromatic N) is 2. The first-order chi connectivity index (χ1) is 13.4. The molecule has 28 heavy (non-hydrogen) atoms. The number of ether oxygens (including phenoxy) is 1. The van der Waals surface area contributed by atoms with Crippen LogP contribution in [0.3, 0.4) is 0 Å². The third-order valence-electron chi connectivity index (χ3n) is 5.33. The van der Waals surface area contributed by atoms with Crippen LogP contribution in [0.15, 0.2) is 30.3 Å². The van der Waals surface area contributed by atoms with Crippen LogP contribution >= 0.6 is 11.6 Å². The highest BCUT2D eigenvalue weighted by Gasteiger charge is 2.34. The van der Waals surface area contributed by atoms with Crippen molar-refractivity contribution in [2.75, 3.05) is 11.9 Å². The second kappa shape index (κ2) is 7.03. The van der Waals surface area contributed by atoms with E-state index in [1.807, 2.05) is 38.1 Å². The summed E-state index contributed by atoms with van der Waals surface area (Å²) in [5.74, 6) is 0.666. The quantitative estimate of drug-likeness (QED) is 0.800. The zero-order chi connectivity index (χ0) is 19.9. The van der Waals surface area contributed by atoms with Gasteiger partial charge in [0, 0.05) is 25.1 Å². The lowest BCUT2D eigenvalue weighted by Gasteiger charge is -2.30. The van der Waals surface area contributed by atoms with Gasteiger partial charge in [-0.3, -0.25) is 0 Å². The van der Waals surface area contributed by atoms with Crippen LogP contribution in [0.4, 0.5) is 10.5 Å². The van der Waals surface area contributed by atoms with E-state index in [0.717, 1.165) is 29.5 Å². The van der Waals surface area contributed by atoms with Gasteiger partial charge < -0.3 is 15.0 Å². The smallest absolute Gasteiger partial charge is 0.322 e. The van der Waals surface area contributed by atoms with Crippen molar-refractivity contribution in [2.24, 2.45) is 0 Å². The maximum Gasteiger partial charge on any atom is 0.322 e. The van der Waals surface area contributed by atoms with Crippen molar-refractivity contribution in [1.29, 1.82) is 5.26 Å². The number of anilines is 1. The van der Waals surface area contributed by atoms with Crippen LogP contribution in [-0.4, -0.2) is 23.1 Å². The molecule has 2 aromatic rings. The van der Waals surface area contributed by atoms with Crippen LogP contribution in [0.25, 0.3) is 0 Å². The number of fused-ring (bicyclic) bond motifs is 2. The van der Waals surface area contributed by atoms with Gasteiger partial charge in [0.1, 0.15) is 17.0 Å². The fourth-order valence-corrected chi connectivity index (χ4v) is 4.24. The molecular formula is C22H22ClN3O2. The van der Waals surface area contributed by atoms with Crippen molar-refractivity contribution in [3.8, 4) is 11.8 Å². The standard InChI is InChI=1S/C22H22ClN3O2/c1-22(2)12-15-6-7-18(23)19(20(15)28-22)25-21(27)26-11-9-17-14(8-10-24)4-3-5-16(17)13-26/h3-7H,8-9,11-13H2,1-2H3,(H,25,27). The highest BCUT2D eigenvalue weighted by atomic mass is 35.5. The van der Waals surface area contributed by atoms with Crippen LogP contribution in [0.1, 0.15) is 36.1 Å². The molecule has 0 spiro atoms. The van der Waals surface area contributed by atoms with Crippen molar-refractivity contribution >= 4 is 23.3 Å². The molecule has 4 rings (SSSR count). The molecule has 1 N–H and O–H groups in total. The molecule has 0 unspecified atom stereocenters. The van der Waals surface area contributed by atoms with Crippen molar-refractivity contribution in [2.45, 2.75) is 45.3 Å². The lowest BCUT2D eigenvalue weighted by atomic mass is 9.93. The number of hydrogen-bond acceptors (Lipinski definition) is 3. The van der Waals surface area contributed by atoms with Gasteiger partial charge in [0.05, 0.1) is 17.5 Å². The number of amides is 2. The molecule has 6 heteroatoms. The number of carbonyl (C=O) groups is 1. The van der Waals surface area contributed by atoms with E-state index in [1.54, 1.807) is 11.0 Å². The molecule has 2 aromatic carbocycles. The molecule has 0 saturated carbocycles. The molecule has 2 amide bonds. The SMILES string of the molecule is CC1(C)Cc2ccc(Cl)c(NC(=O)N3CCc4c(CC#N)cccc4C3)c2O1. The third kappa shape index (κ3) is 3.41. The van der Waals surface area contributed by atoms with Gasteiger partial charge in [-0.1, -0.05) is 35.9 Å². The van der Waals surface area contributed by atoms with E-state index in [0.29, 0.717) is 36.0 Å². The first-order valence-corrected chi connectivity index (χ1v) is 9.79. The number of urea groups is 1. The number of nitriles is 1. The van der Waals surface area contributed by atoms with Crippen LogP contribution in [0.5, 0.6) is 5.75 Å². The normalized spacial score (nSPS) is 16.6. The van der Waals surface area contributed by atoms with Crippen molar-refractivity contribution < 1.29 is 9.53 Å². The molecule has 0 radical (unpaired) electrons. The topological polar surface area (TPSA) is 65.4 Å². The maximum absolute atomic E-state index is 12.9. The summed E-state index contributed by atoms with van der Waals surface area (Å²) in [7, 11) is 0.